The Bertz CT molecular complexity index is 437. The molecular formula is C13H15N3S. The van der Waals surface area contributed by atoms with E-state index < -0.39 is 0 Å². The molecule has 0 aliphatic carbocycles. The maximum atomic E-state index is 4.39. The summed E-state index contributed by atoms with van der Waals surface area (Å²) in [6, 6.07) is 10.2. The summed E-state index contributed by atoms with van der Waals surface area (Å²) in [7, 11) is 0. The predicted molar refractivity (Wildman–Crippen MR) is 73.7 cm³/mol. The van der Waals surface area contributed by atoms with Gasteiger partial charge < -0.3 is 4.98 Å². The molecule has 0 unspecified atom stereocenters. The number of nitrogens with one attached hydrogen (secondary N) is 1. The Hall–Kier alpha value is -1.55. The van der Waals surface area contributed by atoms with E-state index in [4.69, 9.17) is 0 Å². The second-order valence-electron chi connectivity index (χ2n) is 3.58. The normalized spacial score (nSPS) is 11.1. The molecule has 1 aromatic heterocycles. The topological polar surface area (TPSA) is 41.0 Å². The minimum Gasteiger partial charge on any atom is -0.348 e. The number of H-pyrrole nitrogens is 1. The number of thioether (sulfide) groups is 1. The molecule has 1 N–H and O–H groups in total. The summed E-state index contributed by atoms with van der Waals surface area (Å²) in [5.41, 5.74) is 2.33. The lowest BCUT2D eigenvalue weighted by atomic mass is 10.2. The Morgan fingerprint density at radius 1 is 1.29 bits per heavy atom. The van der Waals surface area contributed by atoms with Crippen LogP contribution in [-0.4, -0.2) is 28.5 Å². The van der Waals surface area contributed by atoms with Crippen molar-refractivity contribution in [2.24, 2.45) is 4.99 Å². The van der Waals surface area contributed by atoms with Crippen molar-refractivity contribution in [2.45, 2.75) is 5.75 Å². The third kappa shape index (κ3) is 4.44. The molecule has 1 heterocycles. The van der Waals surface area contributed by atoms with Gasteiger partial charge in [0.1, 0.15) is 0 Å². The Morgan fingerprint density at radius 2 is 2.18 bits per heavy atom. The molecule has 0 spiro atoms. The fraction of sp³-hybridized carbons (Fsp3) is 0.231. The Kier molecular flexibility index (Phi) is 4.85. The van der Waals surface area contributed by atoms with Crippen LogP contribution in [0.15, 0.2) is 47.8 Å². The lowest BCUT2D eigenvalue weighted by Gasteiger charge is -1.96. The van der Waals surface area contributed by atoms with E-state index in [2.05, 4.69) is 27.1 Å². The van der Waals surface area contributed by atoms with Crippen LogP contribution >= 0.6 is 11.8 Å². The average molecular weight is 245 g/mol. The molecule has 0 saturated carbocycles. The monoisotopic (exact) mass is 245 g/mol. The van der Waals surface area contributed by atoms with Gasteiger partial charge >= 0.3 is 0 Å². The van der Waals surface area contributed by atoms with E-state index in [0.29, 0.717) is 0 Å². The van der Waals surface area contributed by atoms with Crippen molar-refractivity contribution in [2.75, 3.05) is 12.3 Å². The third-order valence-corrected chi connectivity index (χ3v) is 3.20. The molecule has 2 aromatic rings. The van der Waals surface area contributed by atoms with E-state index in [0.717, 1.165) is 23.6 Å². The summed E-state index contributed by atoms with van der Waals surface area (Å²) in [5.74, 6) is 2.00. The van der Waals surface area contributed by atoms with Gasteiger partial charge in [-0.25, -0.2) is 4.98 Å². The summed E-state index contributed by atoms with van der Waals surface area (Å²) >= 11 is 1.86. The van der Waals surface area contributed by atoms with Gasteiger partial charge in [-0.05, 0) is 5.56 Å². The molecular weight excluding hydrogens is 230 g/mol. The van der Waals surface area contributed by atoms with Gasteiger partial charge in [0.2, 0.25) is 0 Å². The number of rotatable bonds is 6. The van der Waals surface area contributed by atoms with E-state index in [-0.39, 0.29) is 0 Å². The van der Waals surface area contributed by atoms with E-state index in [1.54, 1.807) is 6.33 Å². The van der Waals surface area contributed by atoms with Crippen LogP contribution in [0.25, 0.3) is 0 Å². The standard InChI is InChI=1S/C13H15N3S/c1-2-4-12(5-3-1)8-14-6-7-17-10-13-9-15-11-16-13/h1-5,8-9,11H,6-7,10H2,(H,15,16). The molecule has 1 aromatic carbocycles. The summed E-state index contributed by atoms with van der Waals surface area (Å²) in [6.07, 6.45) is 5.50. The number of aromatic amines is 1. The zero-order valence-electron chi connectivity index (χ0n) is 9.54. The second kappa shape index (κ2) is 6.91. The molecule has 88 valence electrons. The number of aliphatic imine (C=N–C) groups is 1. The highest BCUT2D eigenvalue weighted by atomic mass is 32.2. The number of nitrogens with zero attached hydrogens (tertiary/aromatic N) is 2. The zero-order chi connectivity index (χ0) is 11.8. The van der Waals surface area contributed by atoms with Crippen LogP contribution in [0, 0.1) is 0 Å². The first-order valence-electron chi connectivity index (χ1n) is 5.55. The van der Waals surface area contributed by atoms with Crippen molar-refractivity contribution in [1.82, 2.24) is 9.97 Å². The van der Waals surface area contributed by atoms with Crippen LogP contribution in [0.2, 0.25) is 0 Å². The van der Waals surface area contributed by atoms with Crippen molar-refractivity contribution in [1.29, 1.82) is 0 Å². The molecule has 0 saturated heterocycles. The molecule has 0 aliphatic heterocycles. The van der Waals surface area contributed by atoms with Gasteiger partial charge in [0.05, 0.1) is 6.33 Å². The lowest BCUT2D eigenvalue weighted by Crippen LogP contribution is -1.89. The largest absolute Gasteiger partial charge is 0.348 e. The Morgan fingerprint density at radius 3 is 2.94 bits per heavy atom. The average Bonchev–Trinajstić information content (AvgIpc) is 2.88. The molecule has 4 heteroatoms. The van der Waals surface area contributed by atoms with Crippen LogP contribution in [0.5, 0.6) is 0 Å². The minimum atomic E-state index is 0.855. The number of benzene rings is 1. The predicted octanol–water partition coefficient (Wildman–Crippen LogP) is 2.76. The Balaban J connectivity index is 1.62. The molecule has 0 amide bonds. The number of aromatic nitrogens is 2. The van der Waals surface area contributed by atoms with Gasteiger partial charge in [-0.1, -0.05) is 30.3 Å². The van der Waals surface area contributed by atoms with Gasteiger partial charge in [0, 0.05) is 36.2 Å². The summed E-state index contributed by atoms with van der Waals surface area (Å²) in [6.45, 7) is 0.855. The summed E-state index contributed by atoms with van der Waals surface area (Å²) < 4.78 is 0. The second-order valence-corrected chi connectivity index (χ2v) is 4.68. The zero-order valence-corrected chi connectivity index (χ0v) is 10.4. The maximum absolute atomic E-state index is 4.39. The van der Waals surface area contributed by atoms with Gasteiger partial charge in [-0.15, -0.1) is 0 Å². The van der Waals surface area contributed by atoms with Crippen molar-refractivity contribution < 1.29 is 0 Å². The smallest absolute Gasteiger partial charge is 0.0921 e. The first-order valence-corrected chi connectivity index (χ1v) is 6.70. The SMILES string of the molecule is C(=NCCSCc1cnc[nH]1)c1ccccc1. The first kappa shape index (κ1) is 11.9. The maximum Gasteiger partial charge on any atom is 0.0921 e. The number of imidazole rings is 1. The van der Waals surface area contributed by atoms with Gasteiger partial charge in [-0.2, -0.15) is 11.8 Å². The summed E-state index contributed by atoms with van der Waals surface area (Å²) in [5, 5.41) is 0. The highest BCUT2D eigenvalue weighted by molar-refractivity contribution is 7.98. The van der Waals surface area contributed by atoms with E-state index in [9.17, 15) is 0 Å². The molecule has 17 heavy (non-hydrogen) atoms. The highest BCUT2D eigenvalue weighted by Crippen LogP contribution is 2.08. The minimum absolute atomic E-state index is 0.855. The molecule has 0 aliphatic rings. The first-order chi connectivity index (χ1) is 8.45. The quantitative estimate of drug-likeness (QED) is 0.628. The molecule has 2 rings (SSSR count). The molecule has 0 fully saturated rings. The molecule has 3 nitrogen and oxygen atoms in total. The molecule has 0 radical (unpaired) electrons. The van der Waals surface area contributed by atoms with Crippen LogP contribution < -0.4 is 0 Å². The van der Waals surface area contributed by atoms with Crippen LogP contribution in [0.1, 0.15) is 11.3 Å². The van der Waals surface area contributed by atoms with Crippen molar-refractivity contribution in [3.63, 3.8) is 0 Å². The van der Waals surface area contributed by atoms with Crippen molar-refractivity contribution in [3.05, 3.63) is 54.1 Å². The molecule has 0 atom stereocenters. The highest BCUT2D eigenvalue weighted by Gasteiger charge is 1.93. The fourth-order valence-corrected chi connectivity index (χ4v) is 2.13. The fourth-order valence-electron chi connectivity index (χ4n) is 1.37. The van der Waals surface area contributed by atoms with E-state index in [1.807, 2.05) is 42.4 Å². The Labute approximate surface area is 105 Å². The van der Waals surface area contributed by atoms with Gasteiger partial charge in [-0.3, -0.25) is 4.99 Å². The van der Waals surface area contributed by atoms with Crippen LogP contribution in [-0.2, 0) is 5.75 Å². The van der Waals surface area contributed by atoms with Crippen LogP contribution in [0.3, 0.4) is 0 Å². The summed E-state index contributed by atoms with van der Waals surface area (Å²) in [4.78, 5) is 11.5. The van der Waals surface area contributed by atoms with Crippen molar-refractivity contribution in [3.8, 4) is 0 Å². The molecule has 0 bridgehead atoms. The number of hydrogen-bond donors (Lipinski definition) is 1. The van der Waals surface area contributed by atoms with E-state index >= 15 is 0 Å². The number of hydrogen-bond acceptors (Lipinski definition) is 3. The third-order valence-electron chi connectivity index (χ3n) is 2.22. The van der Waals surface area contributed by atoms with Crippen LogP contribution in [0.4, 0.5) is 0 Å². The van der Waals surface area contributed by atoms with Crippen molar-refractivity contribution >= 4 is 18.0 Å². The lowest BCUT2D eigenvalue weighted by molar-refractivity contribution is 1.15. The van der Waals surface area contributed by atoms with Gasteiger partial charge in [0.25, 0.3) is 0 Å². The van der Waals surface area contributed by atoms with Gasteiger partial charge in [0.15, 0.2) is 0 Å². The van der Waals surface area contributed by atoms with E-state index in [1.165, 1.54) is 5.69 Å².